The van der Waals surface area contributed by atoms with Gasteiger partial charge in [-0.25, -0.2) is 19.6 Å². The first-order chi connectivity index (χ1) is 15.1. The smallest absolute Gasteiger partial charge is 0.475 e. The maximum atomic E-state index is 12.5. The average molecular weight is 454 g/mol. The number of carbonyl (C=O) groups is 2. The molecule has 0 saturated heterocycles. The number of carboxylic acid groups (broad SMARTS) is 1. The van der Waals surface area contributed by atoms with Gasteiger partial charge in [-0.3, -0.25) is 4.98 Å². The second-order valence-corrected chi connectivity index (χ2v) is 7.26. The first-order valence-electron chi connectivity index (χ1n) is 9.89. The van der Waals surface area contributed by atoms with E-state index in [0.717, 1.165) is 35.5 Å². The summed E-state index contributed by atoms with van der Waals surface area (Å²) in [7, 11) is 0. The molecule has 0 aliphatic carbocycles. The lowest BCUT2D eigenvalue weighted by Crippen LogP contribution is -2.41. The van der Waals surface area contributed by atoms with Crippen molar-refractivity contribution in [2.75, 3.05) is 18.4 Å². The minimum Gasteiger partial charge on any atom is -0.475 e. The molecule has 0 unspecified atom stereocenters. The summed E-state index contributed by atoms with van der Waals surface area (Å²) in [5.74, 6) is -1.87. The standard InChI is InChI=1S/C18H24N6O.C2HF3O2/c1-13(2)23-17-15-5-8-24(9-6-16(15)21-12-22-17)18(25)20-11-14-4-3-7-19-10-14;3-2(4,5)1(6)7/h3-4,7,10,12-13H,5-6,8-9,11H2,1-2H3,(H,20,25)(H,21,22,23);(H,6,7). The molecule has 3 N–H and O–H groups in total. The molecule has 0 atom stereocenters. The van der Waals surface area contributed by atoms with Crippen LogP contribution < -0.4 is 10.6 Å². The molecule has 1 aliphatic rings. The van der Waals surface area contributed by atoms with Crippen LogP contribution in [-0.2, 0) is 24.2 Å². The molecule has 9 nitrogen and oxygen atoms in total. The number of anilines is 1. The fourth-order valence-corrected chi connectivity index (χ4v) is 2.92. The number of aliphatic carboxylic acids is 1. The number of carbonyl (C=O) groups excluding carboxylic acids is 1. The predicted octanol–water partition coefficient (Wildman–Crippen LogP) is 2.64. The van der Waals surface area contributed by atoms with Gasteiger partial charge in [0.15, 0.2) is 0 Å². The molecule has 0 spiro atoms. The molecule has 1 aliphatic heterocycles. The summed E-state index contributed by atoms with van der Waals surface area (Å²) < 4.78 is 31.7. The van der Waals surface area contributed by atoms with Crippen LogP contribution in [0.4, 0.5) is 23.8 Å². The van der Waals surface area contributed by atoms with Gasteiger partial charge >= 0.3 is 18.2 Å². The van der Waals surface area contributed by atoms with Crippen molar-refractivity contribution in [1.82, 2.24) is 25.2 Å². The molecule has 0 bridgehead atoms. The molecule has 12 heteroatoms. The van der Waals surface area contributed by atoms with Gasteiger partial charge in [0.2, 0.25) is 0 Å². The van der Waals surface area contributed by atoms with Gasteiger partial charge in [0.1, 0.15) is 12.1 Å². The quantitative estimate of drug-likeness (QED) is 0.650. The Hall–Kier alpha value is -3.44. The zero-order valence-corrected chi connectivity index (χ0v) is 17.7. The van der Waals surface area contributed by atoms with E-state index in [9.17, 15) is 18.0 Å². The topological polar surface area (TPSA) is 120 Å². The third-order valence-corrected chi connectivity index (χ3v) is 4.41. The molecule has 0 radical (unpaired) electrons. The maximum Gasteiger partial charge on any atom is 0.490 e. The minimum atomic E-state index is -5.08. The van der Waals surface area contributed by atoms with Crippen LogP contribution in [0.15, 0.2) is 30.9 Å². The maximum absolute atomic E-state index is 12.5. The van der Waals surface area contributed by atoms with E-state index < -0.39 is 12.1 Å². The predicted molar refractivity (Wildman–Crippen MR) is 110 cm³/mol. The third-order valence-electron chi connectivity index (χ3n) is 4.41. The van der Waals surface area contributed by atoms with Crippen molar-refractivity contribution in [1.29, 1.82) is 0 Å². The molecule has 3 heterocycles. The number of pyridine rings is 1. The normalized spacial score (nSPS) is 13.4. The average Bonchev–Trinajstić information content (AvgIpc) is 2.96. The first-order valence-corrected chi connectivity index (χ1v) is 9.89. The van der Waals surface area contributed by atoms with Crippen LogP contribution in [0, 0.1) is 0 Å². The summed E-state index contributed by atoms with van der Waals surface area (Å²) in [6, 6.07) is 4.07. The minimum absolute atomic E-state index is 0.0528. The fraction of sp³-hybridized carbons (Fsp3) is 0.450. The summed E-state index contributed by atoms with van der Waals surface area (Å²) in [5.41, 5.74) is 3.14. The third kappa shape index (κ3) is 7.67. The van der Waals surface area contributed by atoms with Gasteiger partial charge in [-0.05, 0) is 31.9 Å². The van der Waals surface area contributed by atoms with Crippen molar-refractivity contribution in [3.05, 3.63) is 47.7 Å². The Bertz CT molecular complexity index is 909. The Morgan fingerprint density at radius 3 is 2.50 bits per heavy atom. The molecular formula is C20H25F3N6O3. The number of amides is 2. The fourth-order valence-electron chi connectivity index (χ4n) is 2.92. The van der Waals surface area contributed by atoms with Crippen LogP contribution >= 0.6 is 0 Å². The molecule has 174 valence electrons. The molecule has 3 rings (SSSR count). The highest BCUT2D eigenvalue weighted by Gasteiger charge is 2.38. The second kappa shape index (κ2) is 11.3. The molecule has 2 amide bonds. The van der Waals surface area contributed by atoms with E-state index in [0.29, 0.717) is 25.7 Å². The number of aromatic nitrogens is 3. The molecule has 32 heavy (non-hydrogen) atoms. The van der Waals surface area contributed by atoms with Crippen LogP contribution in [0.2, 0.25) is 0 Å². The zero-order valence-electron chi connectivity index (χ0n) is 17.7. The molecule has 2 aromatic rings. The van der Waals surface area contributed by atoms with Gasteiger partial charge in [0.05, 0.1) is 5.69 Å². The van der Waals surface area contributed by atoms with Crippen LogP contribution in [-0.4, -0.2) is 62.3 Å². The number of nitrogens with one attached hydrogen (secondary N) is 2. The number of alkyl halides is 3. The number of carboxylic acids is 1. The van der Waals surface area contributed by atoms with Crippen molar-refractivity contribution in [3.8, 4) is 0 Å². The van der Waals surface area contributed by atoms with Gasteiger partial charge in [0, 0.05) is 50.1 Å². The molecular weight excluding hydrogens is 429 g/mol. The number of hydrogen-bond donors (Lipinski definition) is 3. The summed E-state index contributed by atoms with van der Waals surface area (Å²) in [6.45, 7) is 5.97. The number of halogens is 3. The van der Waals surface area contributed by atoms with Gasteiger partial charge in [-0.15, -0.1) is 0 Å². The highest BCUT2D eigenvalue weighted by Crippen LogP contribution is 2.21. The van der Waals surface area contributed by atoms with Gasteiger partial charge in [0.25, 0.3) is 0 Å². The summed E-state index contributed by atoms with van der Waals surface area (Å²) in [4.78, 5) is 36.1. The van der Waals surface area contributed by atoms with Crippen molar-refractivity contribution < 1.29 is 27.9 Å². The Morgan fingerprint density at radius 1 is 1.22 bits per heavy atom. The Labute approximate surface area is 183 Å². The van der Waals surface area contributed by atoms with Gasteiger partial charge in [-0.2, -0.15) is 13.2 Å². The van der Waals surface area contributed by atoms with Gasteiger partial charge < -0.3 is 20.6 Å². The number of fused-ring (bicyclic) bond motifs is 1. The van der Waals surface area contributed by atoms with E-state index in [4.69, 9.17) is 9.90 Å². The first kappa shape index (κ1) is 24.8. The van der Waals surface area contributed by atoms with E-state index in [-0.39, 0.29) is 6.03 Å². The lowest BCUT2D eigenvalue weighted by atomic mass is 10.1. The lowest BCUT2D eigenvalue weighted by molar-refractivity contribution is -0.192. The monoisotopic (exact) mass is 454 g/mol. The van der Waals surface area contributed by atoms with E-state index in [2.05, 4.69) is 39.4 Å². The number of hydrogen-bond acceptors (Lipinski definition) is 6. The lowest BCUT2D eigenvalue weighted by Gasteiger charge is -2.20. The number of urea groups is 1. The SMILES string of the molecule is CC(C)Nc1ncnc2c1CCN(C(=O)NCc1cccnc1)CC2.O=C(O)C(F)(F)F. The van der Waals surface area contributed by atoms with Crippen molar-refractivity contribution in [3.63, 3.8) is 0 Å². The van der Waals surface area contributed by atoms with Crippen molar-refractivity contribution >= 4 is 17.8 Å². The second-order valence-electron chi connectivity index (χ2n) is 7.26. The molecule has 0 aromatic carbocycles. The van der Waals surface area contributed by atoms with Crippen LogP contribution in [0.1, 0.15) is 30.7 Å². The Balaban J connectivity index is 0.000000451. The number of rotatable bonds is 4. The largest absolute Gasteiger partial charge is 0.490 e. The van der Waals surface area contributed by atoms with Gasteiger partial charge in [-0.1, -0.05) is 6.07 Å². The Kier molecular flexibility index (Phi) is 8.73. The zero-order chi connectivity index (χ0) is 23.7. The summed E-state index contributed by atoms with van der Waals surface area (Å²) in [5, 5.41) is 13.5. The summed E-state index contributed by atoms with van der Waals surface area (Å²) in [6.07, 6.45) is 1.50. The highest BCUT2D eigenvalue weighted by atomic mass is 19.4. The van der Waals surface area contributed by atoms with E-state index >= 15 is 0 Å². The van der Waals surface area contributed by atoms with E-state index in [1.807, 2.05) is 17.0 Å². The van der Waals surface area contributed by atoms with Crippen LogP contribution in [0.25, 0.3) is 0 Å². The van der Waals surface area contributed by atoms with Crippen LogP contribution in [0.3, 0.4) is 0 Å². The van der Waals surface area contributed by atoms with Crippen LogP contribution in [0.5, 0.6) is 0 Å². The van der Waals surface area contributed by atoms with E-state index in [1.165, 1.54) is 0 Å². The molecule has 0 fully saturated rings. The highest BCUT2D eigenvalue weighted by molar-refractivity contribution is 5.74. The molecule has 0 saturated carbocycles. The summed E-state index contributed by atoms with van der Waals surface area (Å²) >= 11 is 0. The van der Waals surface area contributed by atoms with Crippen molar-refractivity contribution in [2.45, 2.75) is 45.5 Å². The van der Waals surface area contributed by atoms with E-state index in [1.54, 1.807) is 18.7 Å². The Morgan fingerprint density at radius 2 is 1.91 bits per heavy atom. The molecule has 2 aromatic heterocycles. The van der Waals surface area contributed by atoms with Crippen molar-refractivity contribution in [2.24, 2.45) is 0 Å². The number of nitrogens with zero attached hydrogens (tertiary/aromatic N) is 4.